The van der Waals surface area contributed by atoms with Crippen molar-refractivity contribution in [3.05, 3.63) is 57.3 Å². The quantitative estimate of drug-likeness (QED) is 0.399. The Bertz CT molecular complexity index is 1070. The van der Waals surface area contributed by atoms with Crippen LogP contribution in [0, 0.1) is 0 Å². The first-order valence-corrected chi connectivity index (χ1v) is 12.3. The zero-order chi connectivity index (χ0) is 22.9. The lowest BCUT2D eigenvalue weighted by Gasteiger charge is -2.28. The Morgan fingerprint density at radius 2 is 2.00 bits per heavy atom. The SMILES string of the molecule is CC1Cc2cc(C(O)=C3C(=O)C(=O)N(CCCN4CCOCC4)C3c3cccs3)ccc2O1. The summed E-state index contributed by atoms with van der Waals surface area (Å²) in [5, 5.41) is 13.2. The molecule has 3 aliphatic rings. The number of aliphatic hydroxyl groups is 1. The molecular formula is C25H28N2O5S. The maximum Gasteiger partial charge on any atom is 0.295 e. The number of benzene rings is 1. The van der Waals surface area contributed by atoms with Crippen molar-refractivity contribution in [1.82, 2.24) is 9.80 Å². The van der Waals surface area contributed by atoms with Gasteiger partial charge in [-0.05, 0) is 48.6 Å². The largest absolute Gasteiger partial charge is 0.507 e. The van der Waals surface area contributed by atoms with Gasteiger partial charge in [-0.15, -0.1) is 11.3 Å². The Balaban J connectivity index is 1.44. The molecule has 8 heteroatoms. The van der Waals surface area contributed by atoms with Crippen LogP contribution in [0.4, 0.5) is 0 Å². The Morgan fingerprint density at radius 1 is 1.18 bits per heavy atom. The second-order valence-corrected chi connectivity index (χ2v) is 9.75. The number of carbonyl (C=O) groups is 2. The van der Waals surface area contributed by atoms with Gasteiger partial charge in [0.15, 0.2) is 0 Å². The summed E-state index contributed by atoms with van der Waals surface area (Å²) in [5.41, 5.74) is 1.71. The molecule has 0 aliphatic carbocycles. The Labute approximate surface area is 197 Å². The molecule has 1 amide bonds. The molecule has 3 aliphatic heterocycles. The zero-order valence-corrected chi connectivity index (χ0v) is 19.5. The summed E-state index contributed by atoms with van der Waals surface area (Å²) in [6.45, 7) is 6.51. The van der Waals surface area contributed by atoms with Gasteiger partial charge in [0.2, 0.25) is 0 Å². The number of thiophene rings is 1. The third-order valence-corrected chi connectivity index (χ3v) is 7.42. The second-order valence-electron chi connectivity index (χ2n) is 8.77. The molecule has 0 spiro atoms. The molecule has 2 unspecified atom stereocenters. The molecule has 0 saturated carbocycles. The van der Waals surface area contributed by atoms with Crippen LogP contribution in [0.2, 0.25) is 0 Å². The van der Waals surface area contributed by atoms with E-state index < -0.39 is 17.7 Å². The van der Waals surface area contributed by atoms with Crippen LogP contribution in [0.3, 0.4) is 0 Å². The van der Waals surface area contributed by atoms with E-state index in [-0.39, 0.29) is 17.4 Å². The molecule has 2 saturated heterocycles. The van der Waals surface area contributed by atoms with Gasteiger partial charge in [-0.25, -0.2) is 0 Å². The number of amides is 1. The minimum Gasteiger partial charge on any atom is -0.507 e. The number of likely N-dealkylation sites (tertiary alicyclic amines) is 1. The molecule has 0 bridgehead atoms. The first-order chi connectivity index (χ1) is 16.0. The van der Waals surface area contributed by atoms with Gasteiger partial charge in [-0.2, -0.15) is 0 Å². The molecule has 5 rings (SSSR count). The Kier molecular flexibility index (Phi) is 6.23. The molecule has 174 valence electrons. The number of hydrogen-bond acceptors (Lipinski definition) is 7. The first-order valence-electron chi connectivity index (χ1n) is 11.4. The third kappa shape index (κ3) is 4.30. The highest BCUT2D eigenvalue weighted by Crippen LogP contribution is 2.42. The third-order valence-electron chi connectivity index (χ3n) is 6.50. The van der Waals surface area contributed by atoms with Crippen molar-refractivity contribution in [2.75, 3.05) is 39.4 Å². The average Bonchev–Trinajstić information content (AvgIpc) is 3.53. The lowest BCUT2D eigenvalue weighted by Crippen LogP contribution is -2.38. The van der Waals surface area contributed by atoms with Crippen molar-refractivity contribution < 1.29 is 24.2 Å². The topological polar surface area (TPSA) is 79.3 Å². The number of morpholine rings is 1. The fraction of sp³-hybridized carbons (Fsp3) is 0.440. The van der Waals surface area contributed by atoms with E-state index in [1.165, 1.54) is 11.3 Å². The monoisotopic (exact) mass is 468 g/mol. The molecule has 33 heavy (non-hydrogen) atoms. The highest BCUT2D eigenvalue weighted by Gasteiger charge is 2.46. The zero-order valence-electron chi connectivity index (χ0n) is 18.7. The number of hydrogen-bond donors (Lipinski definition) is 1. The van der Waals surface area contributed by atoms with Crippen LogP contribution < -0.4 is 4.74 Å². The van der Waals surface area contributed by atoms with Gasteiger partial charge in [0.1, 0.15) is 17.6 Å². The van der Waals surface area contributed by atoms with Crippen molar-refractivity contribution in [3.63, 3.8) is 0 Å². The number of carbonyl (C=O) groups excluding carboxylic acids is 2. The number of aliphatic hydroxyl groups excluding tert-OH is 1. The predicted octanol–water partition coefficient (Wildman–Crippen LogP) is 3.22. The molecule has 4 heterocycles. The van der Waals surface area contributed by atoms with E-state index in [0.29, 0.717) is 12.1 Å². The Morgan fingerprint density at radius 3 is 2.76 bits per heavy atom. The number of rotatable bonds is 6. The van der Waals surface area contributed by atoms with Gasteiger partial charge in [0.25, 0.3) is 11.7 Å². The standard InChI is InChI=1S/C25H28N2O5S/c1-16-14-18-15-17(5-6-19(18)32-16)23(28)21-22(20-4-2-13-33-20)27(25(30)24(21)29)8-3-7-26-9-11-31-12-10-26/h2,4-6,13,15-16,22,28H,3,7-12,14H2,1H3. The van der Waals surface area contributed by atoms with Gasteiger partial charge < -0.3 is 19.5 Å². The summed E-state index contributed by atoms with van der Waals surface area (Å²) in [6.07, 6.45) is 1.59. The van der Waals surface area contributed by atoms with Crippen LogP contribution in [0.1, 0.15) is 35.4 Å². The molecule has 1 N–H and O–H groups in total. The smallest absolute Gasteiger partial charge is 0.295 e. The molecule has 2 fully saturated rings. The number of Topliss-reactive ketones (excluding diaryl/α,β-unsaturated/α-hetero) is 1. The molecule has 1 aromatic carbocycles. The van der Waals surface area contributed by atoms with Gasteiger partial charge in [0.05, 0.1) is 24.8 Å². The van der Waals surface area contributed by atoms with Crippen molar-refractivity contribution in [2.24, 2.45) is 0 Å². The highest BCUT2D eigenvalue weighted by atomic mass is 32.1. The van der Waals surface area contributed by atoms with E-state index in [2.05, 4.69) is 4.90 Å². The van der Waals surface area contributed by atoms with Crippen molar-refractivity contribution in [1.29, 1.82) is 0 Å². The van der Waals surface area contributed by atoms with Crippen molar-refractivity contribution in [2.45, 2.75) is 31.9 Å². The number of fused-ring (bicyclic) bond motifs is 1. The fourth-order valence-corrected chi connectivity index (χ4v) is 5.71. The van der Waals surface area contributed by atoms with E-state index in [0.717, 1.165) is 61.9 Å². The highest BCUT2D eigenvalue weighted by molar-refractivity contribution is 7.10. The fourth-order valence-electron chi connectivity index (χ4n) is 4.87. The van der Waals surface area contributed by atoms with Crippen LogP contribution in [0.5, 0.6) is 5.75 Å². The van der Waals surface area contributed by atoms with Crippen LogP contribution >= 0.6 is 11.3 Å². The summed E-state index contributed by atoms with van der Waals surface area (Å²) in [4.78, 5) is 31.0. The van der Waals surface area contributed by atoms with Crippen LogP contribution in [0.15, 0.2) is 41.3 Å². The average molecular weight is 469 g/mol. The maximum absolute atomic E-state index is 13.1. The molecule has 2 atom stereocenters. The van der Waals surface area contributed by atoms with E-state index in [9.17, 15) is 14.7 Å². The lowest BCUT2D eigenvalue weighted by molar-refractivity contribution is -0.140. The van der Waals surface area contributed by atoms with E-state index in [1.807, 2.05) is 36.6 Å². The van der Waals surface area contributed by atoms with E-state index >= 15 is 0 Å². The summed E-state index contributed by atoms with van der Waals surface area (Å²) in [6, 6.07) is 8.70. The number of ketones is 1. The molecule has 2 aromatic rings. The van der Waals surface area contributed by atoms with Crippen molar-refractivity contribution >= 4 is 28.8 Å². The van der Waals surface area contributed by atoms with Gasteiger partial charge in [-0.3, -0.25) is 14.5 Å². The van der Waals surface area contributed by atoms with Crippen LogP contribution in [-0.4, -0.2) is 72.1 Å². The normalized spacial score (nSPS) is 24.8. The van der Waals surface area contributed by atoms with E-state index in [1.54, 1.807) is 11.0 Å². The lowest BCUT2D eigenvalue weighted by atomic mass is 9.98. The minimum atomic E-state index is -0.623. The molecular weight excluding hydrogens is 440 g/mol. The predicted molar refractivity (Wildman–Crippen MR) is 125 cm³/mol. The van der Waals surface area contributed by atoms with Gasteiger partial charge in [-0.1, -0.05) is 6.07 Å². The van der Waals surface area contributed by atoms with Gasteiger partial charge >= 0.3 is 0 Å². The summed E-state index contributed by atoms with van der Waals surface area (Å²) >= 11 is 1.49. The summed E-state index contributed by atoms with van der Waals surface area (Å²) < 4.78 is 11.2. The van der Waals surface area contributed by atoms with E-state index in [4.69, 9.17) is 9.47 Å². The summed E-state index contributed by atoms with van der Waals surface area (Å²) in [7, 11) is 0. The number of ether oxygens (including phenoxy) is 2. The molecule has 0 radical (unpaired) electrons. The molecule has 7 nitrogen and oxygen atoms in total. The van der Waals surface area contributed by atoms with Gasteiger partial charge in [0, 0.05) is 43.0 Å². The summed E-state index contributed by atoms with van der Waals surface area (Å²) in [5.74, 6) is -0.486. The maximum atomic E-state index is 13.1. The van der Waals surface area contributed by atoms with Crippen molar-refractivity contribution in [3.8, 4) is 5.75 Å². The number of nitrogens with zero attached hydrogens (tertiary/aromatic N) is 2. The van der Waals surface area contributed by atoms with Crippen LogP contribution in [0.25, 0.3) is 5.76 Å². The first kappa shape index (κ1) is 22.1. The Hall–Kier alpha value is -2.68. The second kappa shape index (κ2) is 9.29. The van der Waals surface area contributed by atoms with Crippen LogP contribution in [-0.2, 0) is 20.7 Å². The minimum absolute atomic E-state index is 0.0839. The molecule has 1 aromatic heterocycles.